The number of aromatic nitrogens is 1. The summed E-state index contributed by atoms with van der Waals surface area (Å²) in [4.78, 5) is 18.5. The lowest BCUT2D eigenvalue weighted by molar-refractivity contribution is 0.0831. The Morgan fingerprint density at radius 3 is 2.60 bits per heavy atom. The smallest absolute Gasteiger partial charge is 0.265 e. The minimum Gasteiger partial charge on any atom is -0.486 e. The van der Waals surface area contributed by atoms with Crippen molar-refractivity contribution in [1.29, 1.82) is 0 Å². The summed E-state index contributed by atoms with van der Waals surface area (Å²) in [6.45, 7) is 2.17. The Bertz CT molecular complexity index is 608. The molecule has 0 fully saturated rings. The zero-order valence-corrected chi connectivity index (χ0v) is 13.1. The Kier molecular flexibility index (Phi) is 4.62. The average Bonchev–Trinajstić information content (AvgIpc) is 2.78. The van der Waals surface area contributed by atoms with Crippen LogP contribution in [-0.2, 0) is 6.61 Å². The lowest BCUT2D eigenvalue weighted by Crippen LogP contribution is -2.21. The second kappa shape index (κ2) is 6.24. The summed E-state index contributed by atoms with van der Waals surface area (Å²) in [6.07, 6.45) is 0. The standard InChI is InChI=1S/C14H15ClN2O2S/c1-9-13(14(18)17(2)3)20-12(16-9)8-19-11-6-4-10(15)5-7-11/h4-7H,8H2,1-3H3. The first-order valence-corrected chi connectivity index (χ1v) is 7.23. The van der Waals surface area contributed by atoms with E-state index in [9.17, 15) is 4.79 Å². The maximum atomic E-state index is 11.9. The molecule has 0 unspecified atom stereocenters. The molecule has 6 heteroatoms. The van der Waals surface area contributed by atoms with Crippen molar-refractivity contribution in [1.82, 2.24) is 9.88 Å². The Morgan fingerprint density at radius 1 is 1.35 bits per heavy atom. The van der Waals surface area contributed by atoms with Gasteiger partial charge in [0, 0.05) is 19.1 Å². The second-order valence-electron chi connectivity index (χ2n) is 4.46. The molecule has 2 aromatic rings. The van der Waals surface area contributed by atoms with Crippen LogP contribution in [0.25, 0.3) is 0 Å². The molecular weight excluding hydrogens is 296 g/mol. The predicted octanol–water partition coefficient (Wildman–Crippen LogP) is 3.39. The van der Waals surface area contributed by atoms with Crippen molar-refractivity contribution in [2.45, 2.75) is 13.5 Å². The maximum Gasteiger partial charge on any atom is 0.265 e. The van der Waals surface area contributed by atoms with Crippen LogP contribution in [0.15, 0.2) is 24.3 Å². The van der Waals surface area contributed by atoms with Crippen LogP contribution in [0.5, 0.6) is 5.75 Å². The first-order valence-electron chi connectivity index (χ1n) is 6.03. The Balaban J connectivity index is 2.05. The van der Waals surface area contributed by atoms with E-state index in [0.29, 0.717) is 16.5 Å². The molecule has 1 aromatic carbocycles. The highest BCUT2D eigenvalue weighted by Crippen LogP contribution is 2.22. The highest BCUT2D eigenvalue weighted by molar-refractivity contribution is 7.13. The topological polar surface area (TPSA) is 42.4 Å². The van der Waals surface area contributed by atoms with Gasteiger partial charge in [-0.15, -0.1) is 11.3 Å². The van der Waals surface area contributed by atoms with E-state index in [0.717, 1.165) is 16.5 Å². The second-order valence-corrected chi connectivity index (χ2v) is 5.98. The maximum absolute atomic E-state index is 11.9. The predicted molar refractivity (Wildman–Crippen MR) is 80.7 cm³/mol. The van der Waals surface area contributed by atoms with Gasteiger partial charge in [-0.25, -0.2) is 4.98 Å². The largest absolute Gasteiger partial charge is 0.486 e. The van der Waals surface area contributed by atoms with E-state index < -0.39 is 0 Å². The van der Waals surface area contributed by atoms with Crippen LogP contribution in [0.4, 0.5) is 0 Å². The zero-order valence-electron chi connectivity index (χ0n) is 11.5. The highest BCUT2D eigenvalue weighted by Gasteiger charge is 2.16. The molecule has 4 nitrogen and oxygen atoms in total. The van der Waals surface area contributed by atoms with Gasteiger partial charge in [0.25, 0.3) is 5.91 Å². The molecule has 20 heavy (non-hydrogen) atoms. The molecule has 0 aliphatic heterocycles. The minimum absolute atomic E-state index is 0.0299. The van der Waals surface area contributed by atoms with Crippen LogP contribution in [0.2, 0.25) is 5.02 Å². The molecule has 0 aliphatic carbocycles. The fourth-order valence-corrected chi connectivity index (χ4v) is 2.72. The van der Waals surface area contributed by atoms with Crippen LogP contribution in [0.3, 0.4) is 0 Å². The number of nitrogens with zero attached hydrogens (tertiary/aromatic N) is 2. The number of hydrogen-bond acceptors (Lipinski definition) is 4. The van der Waals surface area contributed by atoms with Crippen LogP contribution in [0, 0.1) is 6.92 Å². The summed E-state index contributed by atoms with van der Waals surface area (Å²) in [5.41, 5.74) is 0.739. The van der Waals surface area contributed by atoms with Crippen molar-refractivity contribution in [3.63, 3.8) is 0 Å². The molecule has 0 N–H and O–H groups in total. The summed E-state index contributed by atoms with van der Waals surface area (Å²) >= 11 is 7.17. The summed E-state index contributed by atoms with van der Waals surface area (Å²) in [6, 6.07) is 7.14. The van der Waals surface area contributed by atoms with Crippen LogP contribution in [0.1, 0.15) is 20.4 Å². The summed E-state index contributed by atoms with van der Waals surface area (Å²) in [7, 11) is 3.46. The first-order chi connectivity index (χ1) is 9.47. The summed E-state index contributed by atoms with van der Waals surface area (Å²) in [5, 5.41) is 1.45. The lowest BCUT2D eigenvalue weighted by atomic mass is 10.3. The van der Waals surface area contributed by atoms with E-state index in [1.165, 1.54) is 11.3 Å². The monoisotopic (exact) mass is 310 g/mol. The Hall–Kier alpha value is -1.59. The number of carbonyl (C=O) groups excluding carboxylic acids is 1. The molecule has 2 rings (SSSR count). The molecule has 0 radical (unpaired) electrons. The van der Waals surface area contributed by atoms with Gasteiger partial charge in [-0.05, 0) is 31.2 Å². The van der Waals surface area contributed by atoms with Crippen LogP contribution in [-0.4, -0.2) is 29.9 Å². The van der Waals surface area contributed by atoms with Gasteiger partial charge in [-0.2, -0.15) is 0 Å². The average molecular weight is 311 g/mol. The molecule has 0 aliphatic rings. The van der Waals surface area contributed by atoms with Gasteiger partial charge in [0.1, 0.15) is 22.2 Å². The number of halogens is 1. The minimum atomic E-state index is -0.0299. The van der Waals surface area contributed by atoms with E-state index >= 15 is 0 Å². The summed E-state index contributed by atoms with van der Waals surface area (Å²) < 4.78 is 5.62. The molecular formula is C14H15ClN2O2S. The van der Waals surface area contributed by atoms with Crippen LogP contribution >= 0.6 is 22.9 Å². The highest BCUT2D eigenvalue weighted by atomic mass is 35.5. The van der Waals surface area contributed by atoms with Crippen molar-refractivity contribution in [3.8, 4) is 5.75 Å². The molecule has 0 saturated carbocycles. The fourth-order valence-electron chi connectivity index (χ4n) is 1.59. The molecule has 1 amide bonds. The number of benzene rings is 1. The summed E-state index contributed by atoms with van der Waals surface area (Å²) in [5.74, 6) is 0.695. The number of hydrogen-bond donors (Lipinski definition) is 0. The van der Waals surface area contributed by atoms with Gasteiger partial charge in [0.2, 0.25) is 0 Å². The molecule has 0 spiro atoms. The molecule has 0 bridgehead atoms. The van der Waals surface area contributed by atoms with Crippen molar-refractivity contribution in [2.24, 2.45) is 0 Å². The van der Waals surface area contributed by atoms with E-state index in [4.69, 9.17) is 16.3 Å². The molecule has 1 aromatic heterocycles. The van der Waals surface area contributed by atoms with Crippen molar-refractivity contribution < 1.29 is 9.53 Å². The van der Waals surface area contributed by atoms with Crippen LogP contribution < -0.4 is 4.74 Å². The van der Waals surface area contributed by atoms with Gasteiger partial charge < -0.3 is 9.64 Å². The quantitative estimate of drug-likeness (QED) is 0.869. The van der Waals surface area contributed by atoms with E-state index in [1.807, 2.05) is 6.92 Å². The zero-order chi connectivity index (χ0) is 14.7. The Morgan fingerprint density at radius 2 is 2.00 bits per heavy atom. The lowest BCUT2D eigenvalue weighted by Gasteiger charge is -2.07. The molecule has 0 atom stereocenters. The first kappa shape index (κ1) is 14.8. The number of ether oxygens (including phenoxy) is 1. The SMILES string of the molecule is Cc1nc(COc2ccc(Cl)cc2)sc1C(=O)N(C)C. The van der Waals surface area contributed by atoms with E-state index in [-0.39, 0.29) is 5.91 Å². The van der Waals surface area contributed by atoms with Gasteiger partial charge in [-0.1, -0.05) is 11.6 Å². The fraction of sp³-hybridized carbons (Fsp3) is 0.286. The van der Waals surface area contributed by atoms with E-state index in [2.05, 4.69) is 4.98 Å². The van der Waals surface area contributed by atoms with Crippen molar-refractivity contribution >= 4 is 28.8 Å². The van der Waals surface area contributed by atoms with Gasteiger partial charge >= 0.3 is 0 Å². The van der Waals surface area contributed by atoms with Gasteiger partial charge in [-0.3, -0.25) is 4.79 Å². The number of aryl methyl sites for hydroxylation is 1. The third kappa shape index (κ3) is 3.49. The third-order valence-corrected chi connectivity index (χ3v) is 3.99. The van der Waals surface area contributed by atoms with Crippen molar-refractivity contribution in [3.05, 3.63) is 44.9 Å². The normalized spacial score (nSPS) is 10.4. The number of carbonyl (C=O) groups is 1. The van der Waals surface area contributed by atoms with Gasteiger partial charge in [0.05, 0.1) is 5.69 Å². The molecule has 0 saturated heterocycles. The van der Waals surface area contributed by atoms with Crippen molar-refractivity contribution in [2.75, 3.05) is 14.1 Å². The number of thiazole rings is 1. The molecule has 106 valence electrons. The Labute approximate surface area is 127 Å². The number of rotatable bonds is 4. The third-order valence-electron chi connectivity index (χ3n) is 2.62. The molecule has 1 heterocycles. The van der Waals surface area contributed by atoms with E-state index in [1.54, 1.807) is 43.3 Å². The number of amides is 1. The van der Waals surface area contributed by atoms with Gasteiger partial charge in [0.15, 0.2) is 0 Å².